The van der Waals surface area contributed by atoms with Crippen LogP contribution in [-0.4, -0.2) is 19.8 Å². The Bertz CT molecular complexity index is 1220. The molecule has 1 atom stereocenters. The van der Waals surface area contributed by atoms with E-state index in [-0.39, 0.29) is 24.0 Å². The van der Waals surface area contributed by atoms with Crippen molar-refractivity contribution >= 4 is 5.57 Å². The average molecular weight is 485 g/mol. The van der Waals surface area contributed by atoms with Crippen molar-refractivity contribution in [3.8, 4) is 16.9 Å². The van der Waals surface area contributed by atoms with Crippen molar-refractivity contribution in [2.24, 2.45) is 0 Å². The van der Waals surface area contributed by atoms with Crippen LogP contribution in [-0.2, 0) is 17.6 Å². The van der Waals surface area contributed by atoms with Crippen molar-refractivity contribution in [2.45, 2.75) is 45.1 Å². The van der Waals surface area contributed by atoms with Gasteiger partial charge in [0, 0.05) is 18.2 Å². The molecule has 2 nitrogen and oxygen atoms in total. The van der Waals surface area contributed by atoms with Crippen molar-refractivity contribution in [1.82, 2.24) is 0 Å². The summed E-state index contributed by atoms with van der Waals surface area (Å²) < 4.78 is 68.7. The van der Waals surface area contributed by atoms with Gasteiger partial charge in [-0.25, -0.2) is 13.2 Å². The number of methoxy groups -OCH3 is 1. The van der Waals surface area contributed by atoms with E-state index < -0.39 is 23.3 Å². The smallest absolute Gasteiger partial charge is 0.201 e. The van der Waals surface area contributed by atoms with Crippen LogP contribution in [0.4, 0.5) is 17.6 Å². The fraction of sp³-hybridized carbons (Fsp3) is 0.310. The molecule has 184 valence electrons. The molecule has 3 aromatic rings. The molecular weight excluding hydrogens is 456 g/mol. The number of hydrogen-bond donors (Lipinski definition) is 0. The lowest BCUT2D eigenvalue weighted by molar-refractivity contribution is 0.0964. The van der Waals surface area contributed by atoms with Crippen LogP contribution in [0.5, 0.6) is 5.75 Å². The van der Waals surface area contributed by atoms with Crippen molar-refractivity contribution in [3.63, 3.8) is 0 Å². The average Bonchev–Trinajstić information content (AvgIpc) is 2.88. The maximum atomic E-state index is 14.8. The Hall–Kier alpha value is -3.12. The van der Waals surface area contributed by atoms with Crippen molar-refractivity contribution < 1.29 is 27.0 Å². The molecule has 0 saturated heterocycles. The molecule has 0 N–H and O–H groups in total. The predicted octanol–water partition coefficient (Wildman–Crippen LogP) is 7.68. The molecule has 3 aromatic carbocycles. The minimum atomic E-state index is -1.02. The van der Waals surface area contributed by atoms with Crippen molar-refractivity contribution in [1.29, 1.82) is 0 Å². The second kappa shape index (κ2) is 11.1. The summed E-state index contributed by atoms with van der Waals surface area (Å²) in [4.78, 5) is 0. The van der Waals surface area contributed by atoms with E-state index in [1.807, 2.05) is 6.08 Å². The van der Waals surface area contributed by atoms with Gasteiger partial charge in [-0.1, -0.05) is 42.5 Å². The summed E-state index contributed by atoms with van der Waals surface area (Å²) in [5.41, 5.74) is 2.97. The van der Waals surface area contributed by atoms with E-state index in [1.54, 1.807) is 50.4 Å². The molecule has 0 heterocycles. The molecule has 0 aromatic heterocycles. The van der Waals surface area contributed by atoms with Gasteiger partial charge in [-0.2, -0.15) is 4.39 Å². The molecule has 1 aliphatic carbocycles. The highest BCUT2D eigenvalue weighted by Crippen LogP contribution is 2.32. The molecule has 6 heteroatoms. The highest BCUT2D eigenvalue weighted by atomic mass is 19.2. The summed E-state index contributed by atoms with van der Waals surface area (Å²) in [6, 6.07) is 13.1. The summed E-state index contributed by atoms with van der Waals surface area (Å²) in [7, 11) is 1.66. The third kappa shape index (κ3) is 5.43. The molecule has 0 radical (unpaired) electrons. The summed E-state index contributed by atoms with van der Waals surface area (Å²) in [5.74, 6) is -3.73. The van der Waals surface area contributed by atoms with Crippen LogP contribution in [0.2, 0.25) is 0 Å². The van der Waals surface area contributed by atoms with Gasteiger partial charge in [-0.15, -0.1) is 0 Å². The van der Waals surface area contributed by atoms with Crippen LogP contribution < -0.4 is 4.74 Å². The van der Waals surface area contributed by atoms with Crippen LogP contribution in [0.1, 0.15) is 42.9 Å². The third-order valence-electron chi connectivity index (χ3n) is 6.50. The van der Waals surface area contributed by atoms with Crippen molar-refractivity contribution in [2.75, 3.05) is 13.7 Å². The Balaban J connectivity index is 1.45. The Morgan fingerprint density at radius 2 is 1.51 bits per heavy atom. The lowest BCUT2D eigenvalue weighted by atomic mass is 9.90. The molecule has 0 bridgehead atoms. The molecule has 1 unspecified atom stereocenters. The van der Waals surface area contributed by atoms with Gasteiger partial charge < -0.3 is 9.47 Å². The molecule has 0 aliphatic heterocycles. The highest BCUT2D eigenvalue weighted by molar-refractivity contribution is 5.67. The quantitative estimate of drug-likeness (QED) is 0.305. The van der Waals surface area contributed by atoms with Crippen LogP contribution in [0.25, 0.3) is 16.7 Å². The van der Waals surface area contributed by atoms with Gasteiger partial charge in [0.05, 0.1) is 12.7 Å². The van der Waals surface area contributed by atoms with E-state index >= 15 is 0 Å². The second-order valence-electron chi connectivity index (χ2n) is 8.63. The molecular formula is C29H28F4O2. The third-order valence-corrected chi connectivity index (χ3v) is 6.50. The van der Waals surface area contributed by atoms with Crippen LogP contribution in [0.3, 0.4) is 0 Å². The van der Waals surface area contributed by atoms with Gasteiger partial charge in [0.1, 0.15) is 0 Å². The summed E-state index contributed by atoms with van der Waals surface area (Å²) in [6.07, 6.45) is 4.98. The minimum absolute atomic E-state index is 0.121. The fourth-order valence-electron chi connectivity index (χ4n) is 4.45. The number of allylic oxidation sites excluding steroid dienone is 1. The number of rotatable bonds is 8. The maximum Gasteiger partial charge on any atom is 0.201 e. The first-order chi connectivity index (χ1) is 16.9. The standard InChI is InChI=1S/C29H28F4O2/c1-3-35-25-17-16-24(28(32)29(25)33)19-7-4-18(5-8-19)6-9-21-12-15-23(27(31)26(21)30)20-10-13-22(34-2)14-11-20/h4-5,7-8,10,12,15-17,22H,3,6,9,11,13-14H2,1-2H3. The fourth-order valence-corrected chi connectivity index (χ4v) is 4.45. The lowest BCUT2D eigenvalue weighted by Gasteiger charge is -2.21. The second-order valence-corrected chi connectivity index (χ2v) is 8.63. The maximum absolute atomic E-state index is 14.8. The van der Waals surface area contributed by atoms with Gasteiger partial charge in [0.15, 0.2) is 23.2 Å². The molecule has 1 aliphatic rings. The van der Waals surface area contributed by atoms with Gasteiger partial charge in [0.2, 0.25) is 5.82 Å². The first-order valence-electron chi connectivity index (χ1n) is 11.8. The SMILES string of the molecule is CCOc1ccc(-c2ccc(CCc3ccc(C4=CCC(OC)CC4)c(F)c3F)cc2)c(F)c1F. The summed E-state index contributed by atoms with van der Waals surface area (Å²) >= 11 is 0. The summed E-state index contributed by atoms with van der Waals surface area (Å²) in [5, 5.41) is 0. The van der Waals surface area contributed by atoms with Crippen LogP contribution >= 0.6 is 0 Å². The molecule has 4 rings (SSSR count). The first-order valence-corrected chi connectivity index (χ1v) is 11.8. The topological polar surface area (TPSA) is 18.5 Å². The Morgan fingerprint density at radius 1 is 0.800 bits per heavy atom. The number of benzene rings is 3. The van der Waals surface area contributed by atoms with E-state index in [0.29, 0.717) is 42.4 Å². The number of halogens is 4. The lowest BCUT2D eigenvalue weighted by Crippen LogP contribution is -2.14. The normalized spacial score (nSPS) is 15.7. The zero-order chi connectivity index (χ0) is 24.9. The van der Waals surface area contributed by atoms with E-state index in [9.17, 15) is 17.6 Å². The van der Waals surface area contributed by atoms with E-state index in [4.69, 9.17) is 9.47 Å². The first kappa shape index (κ1) is 25.0. The van der Waals surface area contributed by atoms with E-state index in [2.05, 4.69) is 0 Å². The summed E-state index contributed by atoms with van der Waals surface area (Å²) in [6.45, 7) is 1.94. The highest BCUT2D eigenvalue weighted by Gasteiger charge is 2.20. The van der Waals surface area contributed by atoms with E-state index in [0.717, 1.165) is 17.6 Å². The molecule has 0 fully saturated rings. The van der Waals surface area contributed by atoms with Gasteiger partial charge in [-0.05, 0) is 73.4 Å². The van der Waals surface area contributed by atoms with Gasteiger partial charge in [-0.3, -0.25) is 0 Å². The monoisotopic (exact) mass is 484 g/mol. The molecule has 0 saturated carbocycles. The largest absolute Gasteiger partial charge is 0.491 e. The molecule has 0 spiro atoms. The minimum Gasteiger partial charge on any atom is -0.491 e. The van der Waals surface area contributed by atoms with Gasteiger partial charge >= 0.3 is 0 Å². The Morgan fingerprint density at radius 3 is 2.17 bits per heavy atom. The predicted molar refractivity (Wildman–Crippen MR) is 129 cm³/mol. The molecule has 35 heavy (non-hydrogen) atoms. The van der Waals surface area contributed by atoms with Gasteiger partial charge in [0.25, 0.3) is 0 Å². The Kier molecular flexibility index (Phi) is 7.91. The zero-order valence-electron chi connectivity index (χ0n) is 19.8. The molecule has 0 amide bonds. The van der Waals surface area contributed by atoms with Crippen LogP contribution in [0, 0.1) is 23.3 Å². The number of ether oxygens (including phenoxy) is 2. The number of aryl methyl sites for hydroxylation is 2. The Labute approximate surface area is 203 Å². The number of hydrogen-bond acceptors (Lipinski definition) is 2. The van der Waals surface area contributed by atoms with Crippen molar-refractivity contribution in [3.05, 3.63) is 94.6 Å². The van der Waals surface area contributed by atoms with Crippen LogP contribution in [0.15, 0.2) is 54.6 Å². The zero-order valence-corrected chi connectivity index (χ0v) is 19.8. The van der Waals surface area contributed by atoms with E-state index in [1.165, 1.54) is 12.1 Å².